The van der Waals surface area contributed by atoms with Crippen LogP contribution in [-0.2, 0) is 13.2 Å². The third kappa shape index (κ3) is 4.57. The number of hydrogen-bond donors (Lipinski definition) is 1. The van der Waals surface area contributed by atoms with E-state index in [0.717, 1.165) is 5.56 Å². The summed E-state index contributed by atoms with van der Waals surface area (Å²) in [5.41, 5.74) is 2.16. The smallest absolute Gasteiger partial charge is 0.255 e. The highest BCUT2D eigenvalue weighted by molar-refractivity contribution is 5.96. The Morgan fingerprint density at radius 3 is 2.46 bits per heavy atom. The summed E-state index contributed by atoms with van der Waals surface area (Å²) in [6.07, 6.45) is 0. The maximum Gasteiger partial charge on any atom is 0.255 e. The number of methoxy groups -OCH3 is 1. The summed E-state index contributed by atoms with van der Waals surface area (Å²) in [6, 6.07) is 20.3. The lowest BCUT2D eigenvalue weighted by Gasteiger charge is -2.11. The molecule has 0 saturated carbocycles. The minimum atomic E-state index is -0.190. The van der Waals surface area contributed by atoms with Gasteiger partial charge >= 0.3 is 0 Å². The molecule has 6 nitrogen and oxygen atoms in total. The van der Waals surface area contributed by atoms with Crippen LogP contribution < -0.4 is 14.8 Å². The third-order valence-corrected chi connectivity index (χ3v) is 3.71. The van der Waals surface area contributed by atoms with Gasteiger partial charge in [-0.05, 0) is 23.8 Å². The minimum absolute atomic E-state index is 0.190. The van der Waals surface area contributed by atoms with Crippen LogP contribution in [0.25, 0.3) is 0 Å². The molecule has 0 aliphatic rings. The maximum atomic E-state index is 12.5. The number of aromatic nitrogens is 2. The van der Waals surface area contributed by atoms with Gasteiger partial charge < -0.3 is 14.8 Å². The lowest BCUT2D eigenvalue weighted by atomic mass is 10.1. The van der Waals surface area contributed by atoms with Crippen LogP contribution in [0.2, 0.25) is 0 Å². The molecule has 0 fully saturated rings. The highest BCUT2D eigenvalue weighted by atomic mass is 16.5. The van der Waals surface area contributed by atoms with E-state index in [2.05, 4.69) is 15.5 Å². The normalized spacial score (nSPS) is 10.2. The van der Waals surface area contributed by atoms with Gasteiger partial charge in [0, 0.05) is 12.6 Å². The van der Waals surface area contributed by atoms with E-state index in [1.165, 1.54) is 7.11 Å². The number of para-hydroxylation sites is 1. The zero-order valence-electron chi connectivity index (χ0n) is 14.4. The molecule has 0 aliphatic carbocycles. The van der Waals surface area contributed by atoms with Crippen LogP contribution in [-0.4, -0.2) is 23.2 Å². The van der Waals surface area contributed by atoms with Crippen molar-refractivity contribution in [1.82, 2.24) is 15.5 Å². The first-order chi connectivity index (χ1) is 12.8. The predicted octanol–water partition coefficient (Wildman–Crippen LogP) is 2.99. The fraction of sp³-hybridized carbons (Fsp3) is 0.150. The molecule has 0 unspecified atom stereocenters. The molecular formula is C20H19N3O3. The summed E-state index contributed by atoms with van der Waals surface area (Å²) in [5.74, 6) is 0.746. The molecule has 0 radical (unpaired) electrons. The van der Waals surface area contributed by atoms with Gasteiger partial charge in [0.1, 0.15) is 18.1 Å². The molecule has 2 aromatic carbocycles. The Labute approximate surface area is 151 Å². The van der Waals surface area contributed by atoms with Crippen LogP contribution in [0.4, 0.5) is 0 Å². The summed E-state index contributed by atoms with van der Waals surface area (Å²) in [6.45, 7) is 0.665. The first kappa shape index (κ1) is 17.4. The monoisotopic (exact) mass is 349 g/mol. The highest BCUT2D eigenvalue weighted by Crippen LogP contribution is 2.19. The van der Waals surface area contributed by atoms with Crippen LogP contribution in [0.5, 0.6) is 11.6 Å². The quantitative estimate of drug-likeness (QED) is 0.710. The number of benzene rings is 2. The van der Waals surface area contributed by atoms with E-state index in [9.17, 15) is 4.79 Å². The molecule has 26 heavy (non-hydrogen) atoms. The van der Waals surface area contributed by atoms with Crippen molar-refractivity contribution in [3.63, 3.8) is 0 Å². The molecule has 1 heterocycles. The Morgan fingerprint density at radius 2 is 1.73 bits per heavy atom. The van der Waals surface area contributed by atoms with Crippen LogP contribution in [0.1, 0.15) is 21.6 Å². The third-order valence-electron chi connectivity index (χ3n) is 3.71. The number of nitrogens with zero attached hydrogens (tertiary/aromatic N) is 2. The molecule has 1 N–H and O–H groups in total. The van der Waals surface area contributed by atoms with Crippen molar-refractivity contribution in [2.75, 3.05) is 7.11 Å². The zero-order valence-corrected chi connectivity index (χ0v) is 14.4. The van der Waals surface area contributed by atoms with Gasteiger partial charge in [-0.1, -0.05) is 42.5 Å². The van der Waals surface area contributed by atoms with Crippen molar-refractivity contribution >= 4 is 5.91 Å². The minimum Gasteiger partial charge on any atom is -0.486 e. The van der Waals surface area contributed by atoms with Crippen molar-refractivity contribution in [1.29, 1.82) is 0 Å². The second-order valence-corrected chi connectivity index (χ2v) is 5.52. The van der Waals surface area contributed by atoms with E-state index in [-0.39, 0.29) is 12.5 Å². The van der Waals surface area contributed by atoms with Crippen molar-refractivity contribution in [3.8, 4) is 11.6 Å². The molecule has 0 saturated heterocycles. The second kappa shape index (κ2) is 8.62. The Hall–Kier alpha value is -3.41. The molecule has 1 aromatic heterocycles. The molecule has 3 rings (SSSR count). The molecule has 0 bridgehead atoms. The number of carbonyl (C=O) groups excluding carboxylic acids is 1. The number of hydrogen-bond acceptors (Lipinski definition) is 5. The fourth-order valence-corrected chi connectivity index (χ4v) is 2.34. The predicted molar refractivity (Wildman–Crippen MR) is 97.0 cm³/mol. The average Bonchev–Trinajstić information content (AvgIpc) is 2.72. The highest BCUT2D eigenvalue weighted by Gasteiger charge is 2.12. The van der Waals surface area contributed by atoms with Crippen LogP contribution in [0.15, 0.2) is 66.7 Å². The van der Waals surface area contributed by atoms with Crippen LogP contribution in [0, 0.1) is 0 Å². The summed E-state index contributed by atoms with van der Waals surface area (Å²) in [7, 11) is 1.53. The van der Waals surface area contributed by atoms with Gasteiger partial charge in [-0.25, -0.2) is 0 Å². The van der Waals surface area contributed by atoms with E-state index in [4.69, 9.17) is 9.47 Å². The van der Waals surface area contributed by atoms with E-state index in [1.807, 2.05) is 36.4 Å². The molecule has 0 aliphatic heterocycles. The van der Waals surface area contributed by atoms with Crippen molar-refractivity contribution in [2.24, 2.45) is 0 Å². The van der Waals surface area contributed by atoms with E-state index < -0.39 is 0 Å². The lowest BCUT2D eigenvalue weighted by Crippen LogP contribution is -2.23. The SMILES string of the molecule is COc1ccc(COc2ccccc2C(=O)NCc2ccccc2)nn1. The molecule has 3 aromatic rings. The van der Waals surface area contributed by atoms with Gasteiger partial charge in [0.15, 0.2) is 0 Å². The van der Waals surface area contributed by atoms with E-state index in [0.29, 0.717) is 29.4 Å². The van der Waals surface area contributed by atoms with Crippen molar-refractivity contribution in [3.05, 3.63) is 83.6 Å². The Kier molecular flexibility index (Phi) is 5.77. The number of rotatable bonds is 7. The molecular weight excluding hydrogens is 330 g/mol. The van der Waals surface area contributed by atoms with Gasteiger partial charge in [-0.3, -0.25) is 4.79 Å². The number of nitrogens with one attached hydrogen (secondary N) is 1. The largest absolute Gasteiger partial charge is 0.486 e. The summed E-state index contributed by atoms with van der Waals surface area (Å²) in [5, 5.41) is 10.8. The first-order valence-electron chi connectivity index (χ1n) is 8.17. The van der Waals surface area contributed by atoms with E-state index >= 15 is 0 Å². The van der Waals surface area contributed by atoms with Gasteiger partial charge in [-0.2, -0.15) is 0 Å². The van der Waals surface area contributed by atoms with Crippen LogP contribution in [0.3, 0.4) is 0 Å². The molecule has 0 atom stereocenters. The van der Waals surface area contributed by atoms with Crippen molar-refractivity contribution in [2.45, 2.75) is 13.2 Å². The van der Waals surface area contributed by atoms with Gasteiger partial charge in [-0.15, -0.1) is 10.2 Å². The molecule has 0 spiro atoms. The fourth-order valence-electron chi connectivity index (χ4n) is 2.34. The summed E-state index contributed by atoms with van der Waals surface area (Å²) in [4.78, 5) is 12.5. The Bertz CT molecular complexity index is 852. The standard InChI is InChI=1S/C20H19N3O3/c1-25-19-12-11-16(22-23-19)14-26-18-10-6-5-9-17(18)20(24)21-13-15-7-3-2-4-8-15/h2-12H,13-14H2,1H3,(H,21,24). The summed E-state index contributed by atoms with van der Waals surface area (Å²) >= 11 is 0. The van der Waals surface area contributed by atoms with Crippen molar-refractivity contribution < 1.29 is 14.3 Å². The van der Waals surface area contributed by atoms with Gasteiger partial charge in [0.2, 0.25) is 5.88 Å². The number of amides is 1. The maximum absolute atomic E-state index is 12.5. The Morgan fingerprint density at radius 1 is 0.962 bits per heavy atom. The van der Waals surface area contributed by atoms with Gasteiger partial charge in [0.05, 0.1) is 12.7 Å². The lowest BCUT2D eigenvalue weighted by molar-refractivity contribution is 0.0946. The zero-order chi connectivity index (χ0) is 18.2. The second-order valence-electron chi connectivity index (χ2n) is 5.52. The topological polar surface area (TPSA) is 73.3 Å². The van der Waals surface area contributed by atoms with Gasteiger partial charge in [0.25, 0.3) is 5.91 Å². The average molecular weight is 349 g/mol. The van der Waals surface area contributed by atoms with Crippen LogP contribution >= 0.6 is 0 Å². The van der Waals surface area contributed by atoms with E-state index in [1.54, 1.807) is 30.3 Å². The molecule has 6 heteroatoms. The number of carbonyl (C=O) groups is 1. The Balaban J connectivity index is 1.64. The number of ether oxygens (including phenoxy) is 2. The molecule has 132 valence electrons. The summed E-state index contributed by atoms with van der Waals surface area (Å²) < 4.78 is 10.7. The first-order valence-corrected chi connectivity index (χ1v) is 8.17. The molecule has 1 amide bonds.